The molecule has 0 fully saturated rings. The van der Waals surface area contributed by atoms with E-state index in [1.807, 2.05) is 25.1 Å². The molecule has 112 valence electrons. The van der Waals surface area contributed by atoms with Crippen molar-refractivity contribution in [1.82, 2.24) is 4.98 Å². The fourth-order valence-electron chi connectivity index (χ4n) is 2.30. The lowest BCUT2D eigenvalue weighted by atomic mass is 10.2. The standard InChI is InChI=1S/C16H15N3O3/c1-11-6-7-17-14(8-11)18-15(20)9-19-10-16(21)22-13-5-3-2-4-12(13)19/h2-8H,9-10H2,1H3,(H,17,18,20). The van der Waals surface area contributed by atoms with Gasteiger partial charge in [-0.1, -0.05) is 12.1 Å². The van der Waals surface area contributed by atoms with E-state index in [1.165, 1.54) is 0 Å². The summed E-state index contributed by atoms with van der Waals surface area (Å²) in [6.45, 7) is 2.03. The molecule has 0 aliphatic carbocycles. The molecular formula is C16H15N3O3. The van der Waals surface area contributed by atoms with Crippen molar-refractivity contribution in [3.05, 3.63) is 48.2 Å². The number of fused-ring (bicyclic) bond motifs is 1. The maximum Gasteiger partial charge on any atom is 0.331 e. The maximum absolute atomic E-state index is 12.2. The third-order valence-corrected chi connectivity index (χ3v) is 3.27. The second-order valence-corrected chi connectivity index (χ2v) is 5.06. The smallest absolute Gasteiger partial charge is 0.331 e. The Labute approximate surface area is 127 Å². The first-order chi connectivity index (χ1) is 10.6. The molecular weight excluding hydrogens is 282 g/mol. The zero-order valence-corrected chi connectivity index (χ0v) is 12.1. The first-order valence-corrected chi connectivity index (χ1v) is 6.89. The summed E-state index contributed by atoms with van der Waals surface area (Å²) in [4.78, 5) is 29.6. The number of aryl methyl sites for hydroxylation is 1. The minimum atomic E-state index is -0.375. The monoisotopic (exact) mass is 297 g/mol. The molecule has 0 unspecified atom stereocenters. The number of pyridine rings is 1. The molecule has 3 rings (SSSR count). The van der Waals surface area contributed by atoms with Crippen molar-refractivity contribution in [1.29, 1.82) is 0 Å². The number of rotatable bonds is 3. The van der Waals surface area contributed by atoms with Gasteiger partial charge in [-0.25, -0.2) is 9.78 Å². The van der Waals surface area contributed by atoms with Crippen LogP contribution in [0.15, 0.2) is 42.6 Å². The number of nitrogens with zero attached hydrogens (tertiary/aromatic N) is 2. The van der Waals surface area contributed by atoms with E-state index in [4.69, 9.17) is 4.74 Å². The lowest BCUT2D eigenvalue weighted by Gasteiger charge is -2.28. The summed E-state index contributed by atoms with van der Waals surface area (Å²) < 4.78 is 5.15. The predicted molar refractivity (Wildman–Crippen MR) is 81.9 cm³/mol. The second-order valence-electron chi connectivity index (χ2n) is 5.06. The molecule has 2 heterocycles. The van der Waals surface area contributed by atoms with Crippen LogP contribution < -0.4 is 15.0 Å². The van der Waals surface area contributed by atoms with Crippen LogP contribution in [0.4, 0.5) is 11.5 Å². The molecule has 0 saturated heterocycles. The van der Waals surface area contributed by atoms with Gasteiger partial charge < -0.3 is 15.0 Å². The third-order valence-electron chi connectivity index (χ3n) is 3.27. The van der Waals surface area contributed by atoms with Crippen molar-refractivity contribution < 1.29 is 14.3 Å². The van der Waals surface area contributed by atoms with E-state index in [0.717, 1.165) is 11.3 Å². The van der Waals surface area contributed by atoms with E-state index in [9.17, 15) is 9.59 Å². The normalized spacial score (nSPS) is 13.3. The van der Waals surface area contributed by atoms with E-state index in [1.54, 1.807) is 29.3 Å². The highest BCUT2D eigenvalue weighted by atomic mass is 16.5. The van der Waals surface area contributed by atoms with Gasteiger partial charge in [0.1, 0.15) is 12.4 Å². The van der Waals surface area contributed by atoms with E-state index in [0.29, 0.717) is 11.6 Å². The minimum absolute atomic E-state index is 0.0473. The van der Waals surface area contributed by atoms with E-state index in [2.05, 4.69) is 10.3 Å². The number of carbonyl (C=O) groups is 2. The van der Waals surface area contributed by atoms with Crippen LogP contribution in [-0.2, 0) is 9.59 Å². The van der Waals surface area contributed by atoms with Crippen LogP contribution in [0.1, 0.15) is 5.56 Å². The highest BCUT2D eigenvalue weighted by Gasteiger charge is 2.25. The van der Waals surface area contributed by atoms with Crippen molar-refractivity contribution in [2.45, 2.75) is 6.92 Å². The van der Waals surface area contributed by atoms with E-state index >= 15 is 0 Å². The number of amides is 1. The van der Waals surface area contributed by atoms with Gasteiger partial charge in [0.2, 0.25) is 5.91 Å². The van der Waals surface area contributed by atoms with Gasteiger partial charge in [0.25, 0.3) is 0 Å². The summed E-state index contributed by atoms with van der Waals surface area (Å²) in [7, 11) is 0. The third kappa shape index (κ3) is 3.06. The number of benzene rings is 1. The van der Waals surface area contributed by atoms with Crippen LogP contribution in [0.25, 0.3) is 0 Å². The number of anilines is 2. The van der Waals surface area contributed by atoms with E-state index in [-0.39, 0.29) is 25.0 Å². The van der Waals surface area contributed by atoms with Gasteiger partial charge in [-0.2, -0.15) is 0 Å². The molecule has 22 heavy (non-hydrogen) atoms. The first kappa shape index (κ1) is 14.1. The van der Waals surface area contributed by atoms with Crippen molar-refractivity contribution in [2.75, 3.05) is 23.3 Å². The highest BCUT2D eigenvalue weighted by molar-refractivity contribution is 5.95. The largest absolute Gasteiger partial charge is 0.423 e. The summed E-state index contributed by atoms with van der Waals surface area (Å²) in [5.41, 5.74) is 1.74. The van der Waals surface area contributed by atoms with Gasteiger partial charge in [0.15, 0.2) is 5.75 Å². The molecule has 0 saturated carbocycles. The van der Waals surface area contributed by atoms with Crippen LogP contribution in [0.3, 0.4) is 0 Å². The molecule has 0 radical (unpaired) electrons. The van der Waals surface area contributed by atoms with Gasteiger partial charge in [-0.15, -0.1) is 0 Å². The average molecular weight is 297 g/mol. The molecule has 1 amide bonds. The van der Waals surface area contributed by atoms with Crippen molar-refractivity contribution in [3.8, 4) is 5.75 Å². The quantitative estimate of drug-likeness (QED) is 0.690. The van der Waals surface area contributed by atoms with Crippen LogP contribution in [-0.4, -0.2) is 29.9 Å². The molecule has 1 aromatic heterocycles. The van der Waals surface area contributed by atoms with Crippen LogP contribution in [0, 0.1) is 6.92 Å². The number of esters is 1. The number of para-hydroxylation sites is 2. The number of carbonyl (C=O) groups excluding carboxylic acids is 2. The topological polar surface area (TPSA) is 71.5 Å². The van der Waals surface area contributed by atoms with Crippen LogP contribution in [0.5, 0.6) is 5.75 Å². The van der Waals surface area contributed by atoms with Crippen LogP contribution in [0.2, 0.25) is 0 Å². The zero-order chi connectivity index (χ0) is 15.5. The SMILES string of the molecule is Cc1ccnc(NC(=O)CN2CC(=O)Oc3ccccc32)c1. The Morgan fingerprint density at radius 2 is 2.18 bits per heavy atom. The average Bonchev–Trinajstić information content (AvgIpc) is 2.47. The first-order valence-electron chi connectivity index (χ1n) is 6.89. The number of hydrogen-bond donors (Lipinski definition) is 1. The molecule has 6 heteroatoms. The van der Waals surface area contributed by atoms with Crippen molar-refractivity contribution in [2.24, 2.45) is 0 Å². The minimum Gasteiger partial charge on any atom is -0.423 e. The fourth-order valence-corrected chi connectivity index (χ4v) is 2.30. The Balaban J connectivity index is 1.73. The molecule has 0 spiro atoms. The predicted octanol–water partition coefficient (Wildman–Crippen LogP) is 1.75. The Morgan fingerprint density at radius 1 is 1.36 bits per heavy atom. The number of hydrogen-bond acceptors (Lipinski definition) is 5. The second kappa shape index (κ2) is 5.85. The lowest BCUT2D eigenvalue weighted by Crippen LogP contribution is -2.41. The highest BCUT2D eigenvalue weighted by Crippen LogP contribution is 2.31. The summed E-state index contributed by atoms with van der Waals surface area (Å²) in [6, 6.07) is 10.8. The van der Waals surface area contributed by atoms with Gasteiger partial charge in [0.05, 0.1) is 12.2 Å². The van der Waals surface area contributed by atoms with Gasteiger partial charge >= 0.3 is 5.97 Å². The van der Waals surface area contributed by atoms with Gasteiger partial charge in [-0.05, 0) is 36.8 Å². The fraction of sp³-hybridized carbons (Fsp3) is 0.188. The Morgan fingerprint density at radius 3 is 3.00 bits per heavy atom. The zero-order valence-electron chi connectivity index (χ0n) is 12.1. The molecule has 1 aliphatic rings. The van der Waals surface area contributed by atoms with Crippen molar-refractivity contribution >= 4 is 23.4 Å². The number of ether oxygens (including phenoxy) is 1. The van der Waals surface area contributed by atoms with E-state index < -0.39 is 0 Å². The molecule has 6 nitrogen and oxygen atoms in total. The Hall–Kier alpha value is -2.89. The molecule has 1 N–H and O–H groups in total. The number of aromatic nitrogens is 1. The maximum atomic E-state index is 12.2. The van der Waals surface area contributed by atoms with Crippen molar-refractivity contribution in [3.63, 3.8) is 0 Å². The molecule has 1 aliphatic heterocycles. The summed E-state index contributed by atoms with van der Waals surface area (Å²) in [5, 5.41) is 2.73. The Bertz CT molecular complexity index is 730. The summed E-state index contributed by atoms with van der Waals surface area (Å²) in [5.74, 6) is 0.362. The summed E-state index contributed by atoms with van der Waals surface area (Å²) >= 11 is 0. The summed E-state index contributed by atoms with van der Waals surface area (Å²) in [6.07, 6.45) is 1.64. The van der Waals surface area contributed by atoms with Gasteiger partial charge in [-0.3, -0.25) is 4.79 Å². The lowest BCUT2D eigenvalue weighted by molar-refractivity contribution is -0.133. The Kier molecular flexibility index (Phi) is 3.74. The van der Waals surface area contributed by atoms with Crippen LogP contribution >= 0.6 is 0 Å². The van der Waals surface area contributed by atoms with Gasteiger partial charge in [0, 0.05) is 6.20 Å². The number of nitrogens with one attached hydrogen (secondary N) is 1. The molecule has 2 aromatic rings. The molecule has 0 atom stereocenters. The molecule has 0 bridgehead atoms. The molecule has 1 aromatic carbocycles.